The molecule has 1 amide bonds. The van der Waals surface area contributed by atoms with Crippen LogP contribution < -0.4 is 10.6 Å². The van der Waals surface area contributed by atoms with Gasteiger partial charge in [-0.2, -0.15) is 0 Å². The fraction of sp³-hybridized carbons (Fsp3) is 0.500. The van der Waals surface area contributed by atoms with Crippen LogP contribution in [0.2, 0.25) is 0 Å². The van der Waals surface area contributed by atoms with Crippen molar-refractivity contribution in [3.63, 3.8) is 0 Å². The van der Waals surface area contributed by atoms with Gasteiger partial charge >= 0.3 is 0 Å². The molecule has 32 heavy (non-hydrogen) atoms. The van der Waals surface area contributed by atoms with Crippen molar-refractivity contribution < 1.29 is 13.9 Å². The number of rotatable bonds is 10. The van der Waals surface area contributed by atoms with Crippen LogP contribution in [0.3, 0.4) is 0 Å². The molecule has 0 spiro atoms. The van der Waals surface area contributed by atoms with E-state index >= 15 is 0 Å². The lowest BCUT2D eigenvalue weighted by Crippen LogP contribution is -2.50. The van der Waals surface area contributed by atoms with Crippen molar-refractivity contribution >= 4 is 35.8 Å². The highest BCUT2D eigenvalue weighted by atomic mass is 127. The first-order chi connectivity index (χ1) is 15.2. The number of halogens is 1. The first-order valence-electron chi connectivity index (χ1n) is 11.1. The van der Waals surface area contributed by atoms with Gasteiger partial charge in [0.25, 0.3) is 0 Å². The van der Waals surface area contributed by atoms with Gasteiger partial charge in [-0.05, 0) is 37.0 Å². The molecule has 0 unspecified atom stereocenters. The van der Waals surface area contributed by atoms with E-state index in [9.17, 15) is 4.79 Å². The maximum atomic E-state index is 12.2. The molecule has 2 N–H and O–H groups in total. The minimum atomic E-state index is 0. The molecule has 0 saturated carbocycles. The van der Waals surface area contributed by atoms with Crippen LogP contribution in [0.25, 0.3) is 0 Å². The summed E-state index contributed by atoms with van der Waals surface area (Å²) in [6, 6.07) is 14.6. The minimum Gasteiger partial charge on any atom is -0.469 e. The number of nitrogens with zero attached hydrogens (tertiary/aromatic N) is 2. The topological polar surface area (TPSA) is 79.1 Å². The Labute approximate surface area is 208 Å². The molecule has 8 heteroatoms. The van der Waals surface area contributed by atoms with Crippen LogP contribution in [0, 0.1) is 0 Å². The first kappa shape index (κ1) is 26.2. The summed E-state index contributed by atoms with van der Waals surface area (Å²) in [5.74, 6) is 1.94. The number of carbonyl (C=O) groups is 1. The summed E-state index contributed by atoms with van der Waals surface area (Å²) in [6.45, 7) is 3.48. The van der Waals surface area contributed by atoms with Crippen molar-refractivity contribution in [1.29, 1.82) is 0 Å². The molecule has 1 aromatic carbocycles. The van der Waals surface area contributed by atoms with E-state index in [1.807, 2.05) is 23.1 Å². The van der Waals surface area contributed by atoms with Crippen molar-refractivity contribution in [2.24, 2.45) is 4.99 Å². The fourth-order valence-corrected chi connectivity index (χ4v) is 3.67. The smallest absolute Gasteiger partial charge is 0.224 e. The number of hydrogen-bond donors (Lipinski definition) is 2. The molecule has 2 aromatic rings. The highest BCUT2D eigenvalue weighted by Gasteiger charge is 2.23. The number of amides is 1. The Morgan fingerprint density at radius 1 is 1.16 bits per heavy atom. The number of furan rings is 1. The number of guanidine groups is 1. The van der Waals surface area contributed by atoms with E-state index in [1.165, 1.54) is 5.56 Å². The summed E-state index contributed by atoms with van der Waals surface area (Å²) in [5, 5.41) is 7.04. The van der Waals surface area contributed by atoms with Gasteiger partial charge in [0.05, 0.1) is 19.3 Å². The highest BCUT2D eigenvalue weighted by molar-refractivity contribution is 14.0. The van der Waals surface area contributed by atoms with Gasteiger partial charge in [0.1, 0.15) is 5.76 Å². The Balaban J connectivity index is 0.00000363. The second kappa shape index (κ2) is 14.9. The first-order valence-corrected chi connectivity index (χ1v) is 11.1. The van der Waals surface area contributed by atoms with Crippen molar-refractivity contribution in [3.8, 4) is 0 Å². The fourth-order valence-electron chi connectivity index (χ4n) is 3.67. The predicted molar refractivity (Wildman–Crippen MR) is 138 cm³/mol. The second-order valence-corrected chi connectivity index (χ2v) is 7.76. The van der Waals surface area contributed by atoms with E-state index in [-0.39, 0.29) is 29.9 Å². The van der Waals surface area contributed by atoms with Crippen LogP contribution in [0.5, 0.6) is 0 Å². The summed E-state index contributed by atoms with van der Waals surface area (Å²) in [4.78, 5) is 18.9. The lowest BCUT2D eigenvalue weighted by atomic mass is 10.0. The number of hydrogen-bond acceptors (Lipinski definition) is 4. The Bertz CT molecular complexity index is 791. The quantitative estimate of drug-likeness (QED) is 0.268. The number of benzene rings is 1. The van der Waals surface area contributed by atoms with Gasteiger partial charge in [-0.15, -0.1) is 24.0 Å². The lowest BCUT2D eigenvalue weighted by molar-refractivity contribution is -0.133. The summed E-state index contributed by atoms with van der Waals surface area (Å²) in [6.07, 6.45) is 5.68. The van der Waals surface area contributed by atoms with Crippen molar-refractivity contribution in [2.75, 3.05) is 39.9 Å². The summed E-state index contributed by atoms with van der Waals surface area (Å²) in [7, 11) is 1.63. The maximum absolute atomic E-state index is 12.2. The molecule has 0 radical (unpaired) electrons. The van der Waals surface area contributed by atoms with Crippen LogP contribution in [0.4, 0.5) is 0 Å². The van der Waals surface area contributed by atoms with E-state index in [1.54, 1.807) is 13.4 Å². The van der Waals surface area contributed by atoms with E-state index in [0.29, 0.717) is 25.6 Å². The van der Waals surface area contributed by atoms with Crippen LogP contribution in [-0.2, 0) is 22.4 Å². The minimum absolute atomic E-state index is 0. The average molecular weight is 554 g/mol. The van der Waals surface area contributed by atoms with Crippen molar-refractivity contribution in [2.45, 2.75) is 38.1 Å². The number of piperidine rings is 1. The van der Waals surface area contributed by atoms with Crippen LogP contribution >= 0.6 is 24.0 Å². The molecule has 176 valence electrons. The van der Waals surface area contributed by atoms with Crippen LogP contribution in [0.15, 0.2) is 58.1 Å². The zero-order chi connectivity index (χ0) is 21.7. The lowest BCUT2D eigenvalue weighted by Gasteiger charge is -2.33. The third-order valence-corrected chi connectivity index (χ3v) is 5.47. The molecule has 1 saturated heterocycles. The molecule has 0 atom stereocenters. The summed E-state index contributed by atoms with van der Waals surface area (Å²) < 4.78 is 10.4. The summed E-state index contributed by atoms with van der Waals surface area (Å²) >= 11 is 0. The molecule has 0 bridgehead atoms. The van der Waals surface area contributed by atoms with Gasteiger partial charge < -0.3 is 24.7 Å². The predicted octanol–water partition coefficient (Wildman–Crippen LogP) is 3.25. The standard InChI is InChI=1S/C24H34N4O3.HI/c1-30-19-13-23(29)28-16-11-21(12-17-28)27-24(26-15-10-22-8-5-18-31-22)25-14-9-20-6-3-2-4-7-20;/h2-8,18,21H,9-17,19H2,1H3,(H2,25,26,27);1H. The number of nitrogens with one attached hydrogen (secondary N) is 2. The van der Waals surface area contributed by atoms with E-state index in [0.717, 1.165) is 57.0 Å². The number of likely N-dealkylation sites (tertiary alicyclic amines) is 1. The summed E-state index contributed by atoms with van der Waals surface area (Å²) in [5.41, 5.74) is 1.30. The van der Waals surface area contributed by atoms with Gasteiger partial charge in [-0.3, -0.25) is 9.79 Å². The third-order valence-electron chi connectivity index (χ3n) is 5.47. The number of ether oxygens (including phenoxy) is 1. The van der Waals surface area contributed by atoms with E-state index in [2.05, 4.69) is 34.9 Å². The Morgan fingerprint density at radius 3 is 2.62 bits per heavy atom. The molecule has 1 aliphatic heterocycles. The molecule has 7 nitrogen and oxygen atoms in total. The SMILES string of the molecule is COCCC(=O)N1CCC(NC(=NCCc2ccco2)NCCc2ccccc2)CC1.I. The normalized spacial score (nSPS) is 14.7. The van der Waals surface area contributed by atoms with E-state index in [4.69, 9.17) is 14.1 Å². The molecule has 2 heterocycles. The Kier molecular flexibility index (Phi) is 12.2. The number of methoxy groups -OCH3 is 1. The molecule has 3 rings (SSSR count). The average Bonchev–Trinajstić information content (AvgIpc) is 3.32. The zero-order valence-electron chi connectivity index (χ0n) is 18.8. The van der Waals surface area contributed by atoms with Gasteiger partial charge in [0, 0.05) is 45.8 Å². The van der Waals surface area contributed by atoms with Gasteiger partial charge in [-0.25, -0.2) is 0 Å². The Morgan fingerprint density at radius 2 is 1.94 bits per heavy atom. The second-order valence-electron chi connectivity index (χ2n) is 7.76. The molecular weight excluding hydrogens is 519 g/mol. The molecule has 1 aromatic heterocycles. The number of carbonyl (C=O) groups excluding carboxylic acids is 1. The highest BCUT2D eigenvalue weighted by Crippen LogP contribution is 2.12. The van der Waals surface area contributed by atoms with Gasteiger partial charge in [-0.1, -0.05) is 30.3 Å². The van der Waals surface area contributed by atoms with Crippen LogP contribution in [0.1, 0.15) is 30.6 Å². The van der Waals surface area contributed by atoms with E-state index < -0.39 is 0 Å². The van der Waals surface area contributed by atoms with Gasteiger partial charge in [0.2, 0.25) is 5.91 Å². The molecule has 1 aliphatic rings. The monoisotopic (exact) mass is 554 g/mol. The maximum Gasteiger partial charge on any atom is 0.224 e. The van der Waals surface area contributed by atoms with Crippen molar-refractivity contribution in [3.05, 3.63) is 60.1 Å². The Hall–Kier alpha value is -2.07. The zero-order valence-corrected chi connectivity index (χ0v) is 21.1. The molecule has 1 fully saturated rings. The molecular formula is C24H35IN4O3. The van der Waals surface area contributed by atoms with Crippen molar-refractivity contribution in [1.82, 2.24) is 15.5 Å². The van der Waals surface area contributed by atoms with Gasteiger partial charge in [0.15, 0.2) is 5.96 Å². The van der Waals surface area contributed by atoms with Crippen LogP contribution in [-0.4, -0.2) is 62.7 Å². The largest absolute Gasteiger partial charge is 0.469 e. The molecule has 0 aliphatic carbocycles. The third kappa shape index (κ3) is 9.20. The number of aliphatic imine (C=N–C) groups is 1.